The topological polar surface area (TPSA) is 49.9 Å². The largest absolute Gasteiger partial charge is 0.496 e. The highest BCUT2D eigenvalue weighted by Gasteiger charge is 2.48. The number of halogens is 1. The number of likely N-dealkylation sites (tertiary alicyclic amines) is 1. The molecule has 2 aromatic rings. The number of nitrogens with zero attached hydrogens (tertiary/aromatic N) is 2. The Labute approximate surface area is 186 Å². The van der Waals surface area contributed by atoms with Crippen molar-refractivity contribution in [3.63, 3.8) is 0 Å². The average molecular weight is 447 g/mol. The molecule has 2 aliphatic rings. The first-order valence-electron chi connectivity index (χ1n) is 10.4. The van der Waals surface area contributed by atoms with Gasteiger partial charge in [0.25, 0.3) is 5.91 Å². The third kappa shape index (κ3) is 4.08. The first kappa shape index (κ1) is 21.2. The molecule has 0 N–H and O–H groups in total. The van der Waals surface area contributed by atoms with E-state index in [1.807, 2.05) is 36.2 Å². The van der Waals surface area contributed by atoms with Gasteiger partial charge >= 0.3 is 0 Å². The summed E-state index contributed by atoms with van der Waals surface area (Å²) in [6, 6.07) is 10.8. The number of carbonyl (C=O) groups is 2. The van der Waals surface area contributed by atoms with Gasteiger partial charge in [0.15, 0.2) is 0 Å². The Bertz CT molecular complexity index is 931. The predicted molar refractivity (Wildman–Crippen MR) is 119 cm³/mol. The summed E-state index contributed by atoms with van der Waals surface area (Å²) in [6.07, 6.45) is 5.04. The van der Waals surface area contributed by atoms with Crippen LogP contribution >= 0.6 is 22.9 Å². The molecule has 4 rings (SSSR count). The predicted octanol–water partition coefficient (Wildman–Crippen LogP) is 4.84. The van der Waals surface area contributed by atoms with Gasteiger partial charge in [-0.1, -0.05) is 36.6 Å². The summed E-state index contributed by atoms with van der Waals surface area (Å²) in [5.41, 5.74) is 0.525. The lowest BCUT2D eigenvalue weighted by atomic mass is 9.84. The molecule has 160 valence electrons. The highest BCUT2D eigenvalue weighted by Crippen LogP contribution is 2.41. The second kappa shape index (κ2) is 8.98. The molecule has 2 heterocycles. The van der Waals surface area contributed by atoms with Gasteiger partial charge in [0.2, 0.25) is 5.91 Å². The van der Waals surface area contributed by atoms with Gasteiger partial charge in [-0.3, -0.25) is 9.59 Å². The molecule has 1 aromatic carbocycles. The third-order valence-electron chi connectivity index (χ3n) is 6.34. The SMILES string of the molecule is COc1ccccc1C(=O)N1C(C(=O)N(C)Cc2ccc(Cl)s2)CC2CCCCC21. The number of hydrogen-bond acceptors (Lipinski definition) is 4. The van der Waals surface area contributed by atoms with Crippen LogP contribution in [0.15, 0.2) is 36.4 Å². The first-order valence-corrected chi connectivity index (χ1v) is 11.6. The number of para-hydroxylation sites is 1. The zero-order chi connectivity index (χ0) is 21.3. The zero-order valence-electron chi connectivity index (χ0n) is 17.3. The number of ether oxygens (including phenoxy) is 1. The molecule has 3 unspecified atom stereocenters. The van der Waals surface area contributed by atoms with Gasteiger partial charge in [0, 0.05) is 18.0 Å². The van der Waals surface area contributed by atoms with Crippen molar-refractivity contribution in [3.05, 3.63) is 51.2 Å². The van der Waals surface area contributed by atoms with E-state index >= 15 is 0 Å². The van der Waals surface area contributed by atoms with Gasteiger partial charge in [-0.15, -0.1) is 11.3 Å². The van der Waals surface area contributed by atoms with E-state index < -0.39 is 6.04 Å². The van der Waals surface area contributed by atoms with E-state index in [9.17, 15) is 9.59 Å². The van der Waals surface area contributed by atoms with Gasteiger partial charge in [-0.25, -0.2) is 0 Å². The lowest BCUT2D eigenvalue weighted by molar-refractivity contribution is -0.134. The molecule has 30 heavy (non-hydrogen) atoms. The average Bonchev–Trinajstić information content (AvgIpc) is 3.35. The minimum atomic E-state index is -0.434. The molecule has 2 fully saturated rings. The second-order valence-corrected chi connectivity index (χ2v) is 9.98. The van der Waals surface area contributed by atoms with Crippen LogP contribution in [-0.2, 0) is 11.3 Å². The number of methoxy groups -OCH3 is 1. The Morgan fingerprint density at radius 1 is 1.20 bits per heavy atom. The van der Waals surface area contributed by atoms with Gasteiger partial charge < -0.3 is 14.5 Å². The molecule has 0 radical (unpaired) electrons. The summed E-state index contributed by atoms with van der Waals surface area (Å²) in [5.74, 6) is 0.829. The van der Waals surface area contributed by atoms with Crippen LogP contribution in [0.5, 0.6) is 5.75 Å². The number of carbonyl (C=O) groups excluding carboxylic acids is 2. The van der Waals surface area contributed by atoms with E-state index in [0.717, 1.165) is 30.6 Å². The summed E-state index contributed by atoms with van der Waals surface area (Å²) in [7, 11) is 3.38. The highest BCUT2D eigenvalue weighted by atomic mass is 35.5. The van der Waals surface area contributed by atoms with Crippen molar-refractivity contribution in [2.75, 3.05) is 14.2 Å². The number of benzene rings is 1. The van der Waals surface area contributed by atoms with E-state index in [-0.39, 0.29) is 17.9 Å². The Morgan fingerprint density at radius 2 is 1.97 bits per heavy atom. The van der Waals surface area contributed by atoms with Crippen LogP contribution in [0.25, 0.3) is 0 Å². The molecule has 1 aliphatic heterocycles. The molecule has 2 amide bonds. The maximum atomic E-state index is 13.6. The molecule has 3 atom stereocenters. The summed E-state index contributed by atoms with van der Waals surface area (Å²) in [5, 5.41) is 0. The van der Waals surface area contributed by atoms with Gasteiger partial charge in [0.1, 0.15) is 11.8 Å². The number of rotatable bonds is 5. The Kier molecular flexibility index (Phi) is 6.34. The molecule has 0 bridgehead atoms. The maximum absolute atomic E-state index is 13.6. The van der Waals surface area contributed by atoms with Crippen LogP contribution in [-0.4, -0.2) is 47.9 Å². The molecule has 5 nitrogen and oxygen atoms in total. The Hall–Kier alpha value is -2.05. The van der Waals surface area contributed by atoms with Crippen molar-refractivity contribution in [2.24, 2.45) is 5.92 Å². The minimum Gasteiger partial charge on any atom is -0.496 e. The first-order chi connectivity index (χ1) is 14.5. The third-order valence-corrected chi connectivity index (χ3v) is 7.56. The minimum absolute atomic E-state index is 0.00262. The molecule has 7 heteroatoms. The van der Waals surface area contributed by atoms with Gasteiger partial charge in [-0.2, -0.15) is 0 Å². The molecule has 1 aromatic heterocycles. The molecule has 0 spiro atoms. The van der Waals surface area contributed by atoms with Gasteiger partial charge in [0.05, 0.1) is 23.6 Å². The lowest BCUT2D eigenvalue weighted by Gasteiger charge is -2.35. The molecule has 1 aliphatic carbocycles. The van der Waals surface area contributed by atoms with Gasteiger partial charge in [-0.05, 0) is 49.4 Å². The van der Waals surface area contributed by atoms with Crippen LogP contribution in [0.3, 0.4) is 0 Å². The quantitative estimate of drug-likeness (QED) is 0.660. The fraction of sp³-hybridized carbons (Fsp3) is 0.478. The number of amides is 2. The van der Waals surface area contributed by atoms with E-state index in [1.54, 1.807) is 24.1 Å². The fourth-order valence-electron chi connectivity index (χ4n) is 4.94. The van der Waals surface area contributed by atoms with Crippen molar-refractivity contribution in [3.8, 4) is 5.75 Å². The van der Waals surface area contributed by atoms with Crippen LogP contribution in [0.1, 0.15) is 47.3 Å². The Morgan fingerprint density at radius 3 is 2.70 bits per heavy atom. The van der Waals surface area contributed by atoms with Crippen molar-refractivity contribution in [2.45, 2.75) is 50.7 Å². The fourth-order valence-corrected chi connectivity index (χ4v) is 6.08. The van der Waals surface area contributed by atoms with Crippen LogP contribution in [0.2, 0.25) is 4.34 Å². The van der Waals surface area contributed by atoms with E-state index in [4.69, 9.17) is 16.3 Å². The standard InChI is InChI=1S/C23H27ClN2O3S/c1-25(14-16-11-12-21(24)30-16)23(28)19-13-15-7-3-5-9-18(15)26(19)22(27)17-8-4-6-10-20(17)29-2/h4,6,8,10-12,15,18-19H,3,5,7,9,13-14H2,1-2H3. The molecular formula is C23H27ClN2O3S. The van der Waals surface area contributed by atoms with Crippen LogP contribution in [0, 0.1) is 5.92 Å². The summed E-state index contributed by atoms with van der Waals surface area (Å²) >= 11 is 7.52. The molecule has 1 saturated heterocycles. The van der Waals surface area contributed by atoms with Crippen molar-refractivity contribution in [1.82, 2.24) is 9.80 Å². The van der Waals surface area contributed by atoms with Crippen LogP contribution < -0.4 is 4.74 Å². The lowest BCUT2D eigenvalue weighted by Crippen LogP contribution is -2.49. The van der Waals surface area contributed by atoms with E-state index in [1.165, 1.54) is 17.8 Å². The highest BCUT2D eigenvalue weighted by molar-refractivity contribution is 7.16. The Balaban J connectivity index is 1.61. The number of fused-ring (bicyclic) bond motifs is 1. The maximum Gasteiger partial charge on any atom is 0.258 e. The smallest absolute Gasteiger partial charge is 0.258 e. The number of hydrogen-bond donors (Lipinski definition) is 0. The normalized spacial score (nSPS) is 23.2. The van der Waals surface area contributed by atoms with Crippen molar-refractivity contribution < 1.29 is 14.3 Å². The molecular weight excluding hydrogens is 420 g/mol. The second-order valence-electron chi connectivity index (χ2n) is 8.18. The van der Waals surface area contributed by atoms with Crippen LogP contribution in [0.4, 0.5) is 0 Å². The monoisotopic (exact) mass is 446 g/mol. The number of likely N-dealkylation sites (N-methyl/N-ethyl adjacent to an activating group) is 1. The van der Waals surface area contributed by atoms with Crippen molar-refractivity contribution in [1.29, 1.82) is 0 Å². The van der Waals surface area contributed by atoms with E-state index in [0.29, 0.717) is 28.1 Å². The summed E-state index contributed by atoms with van der Waals surface area (Å²) in [6.45, 7) is 0.499. The summed E-state index contributed by atoms with van der Waals surface area (Å²) < 4.78 is 6.15. The van der Waals surface area contributed by atoms with Crippen molar-refractivity contribution >= 4 is 34.8 Å². The summed E-state index contributed by atoms with van der Waals surface area (Å²) in [4.78, 5) is 31.7. The molecule has 1 saturated carbocycles. The number of thiophene rings is 1. The zero-order valence-corrected chi connectivity index (χ0v) is 18.9. The van der Waals surface area contributed by atoms with E-state index in [2.05, 4.69) is 0 Å².